The van der Waals surface area contributed by atoms with E-state index in [1.54, 1.807) is 7.11 Å². The smallest absolute Gasteiger partial charge is 0.174 e. The quantitative estimate of drug-likeness (QED) is 0.865. The van der Waals surface area contributed by atoms with Crippen LogP contribution in [-0.2, 0) is 10.2 Å². The minimum Gasteiger partial charge on any atom is -0.493 e. The molecule has 2 fully saturated rings. The molecule has 1 aromatic rings. The van der Waals surface area contributed by atoms with E-state index in [4.69, 9.17) is 9.47 Å². The zero-order valence-electron chi connectivity index (χ0n) is 13.4. The largest absolute Gasteiger partial charge is 0.493 e. The number of ketones is 1. The zero-order chi connectivity index (χ0) is 15.5. The monoisotopic (exact) mass is 301 g/mol. The first-order valence-corrected chi connectivity index (χ1v) is 8.20. The first-order valence-electron chi connectivity index (χ1n) is 8.20. The summed E-state index contributed by atoms with van der Waals surface area (Å²) in [4.78, 5) is 12.6. The summed E-state index contributed by atoms with van der Waals surface area (Å²) in [7, 11) is 1.66. The summed E-state index contributed by atoms with van der Waals surface area (Å²) in [6, 6.07) is 4.46. The molecule has 1 aliphatic carbocycles. The number of fused-ring (bicyclic) bond motifs is 1. The van der Waals surface area contributed by atoms with Crippen molar-refractivity contribution in [3.8, 4) is 11.5 Å². The lowest BCUT2D eigenvalue weighted by Crippen LogP contribution is -2.62. The second-order valence-electron chi connectivity index (χ2n) is 6.93. The molecular weight excluding hydrogens is 278 g/mol. The number of aryl methyl sites for hydroxylation is 1. The van der Waals surface area contributed by atoms with Crippen LogP contribution in [0.25, 0.3) is 0 Å². The zero-order valence-corrected chi connectivity index (χ0v) is 13.4. The summed E-state index contributed by atoms with van der Waals surface area (Å²) in [5.41, 5.74) is 2.27. The van der Waals surface area contributed by atoms with Crippen LogP contribution >= 0.6 is 0 Å². The molecule has 1 saturated heterocycles. The highest BCUT2D eigenvalue weighted by Gasteiger charge is 2.61. The molecule has 0 radical (unpaired) electrons. The maximum Gasteiger partial charge on any atom is 0.174 e. The lowest BCUT2D eigenvalue weighted by Gasteiger charge is -2.50. The lowest BCUT2D eigenvalue weighted by atomic mass is 9.56. The molecule has 1 N–H and O–H groups in total. The van der Waals surface area contributed by atoms with Gasteiger partial charge in [-0.05, 0) is 50.8 Å². The van der Waals surface area contributed by atoms with Gasteiger partial charge in [0.2, 0.25) is 0 Å². The molecule has 0 amide bonds. The number of hydrogen-bond donors (Lipinski definition) is 1. The van der Waals surface area contributed by atoms with Crippen LogP contribution in [0.15, 0.2) is 12.1 Å². The van der Waals surface area contributed by atoms with E-state index in [1.165, 1.54) is 11.1 Å². The van der Waals surface area contributed by atoms with E-state index in [0.717, 1.165) is 30.9 Å². The first kappa shape index (κ1) is 14.1. The Hall–Kier alpha value is -1.55. The summed E-state index contributed by atoms with van der Waals surface area (Å²) in [6.07, 6.45) is 2.20. The number of piperidine rings is 1. The molecule has 0 aromatic heterocycles. The Morgan fingerprint density at radius 2 is 2.23 bits per heavy atom. The van der Waals surface area contributed by atoms with Crippen LogP contribution in [0.1, 0.15) is 37.3 Å². The molecule has 3 unspecified atom stereocenters. The second kappa shape index (κ2) is 4.72. The minimum atomic E-state index is -0.333. The molecule has 4 atom stereocenters. The molecule has 22 heavy (non-hydrogen) atoms. The van der Waals surface area contributed by atoms with Crippen LogP contribution in [0.2, 0.25) is 0 Å². The van der Waals surface area contributed by atoms with E-state index >= 15 is 0 Å². The van der Waals surface area contributed by atoms with Crippen molar-refractivity contribution >= 4 is 5.78 Å². The fourth-order valence-electron chi connectivity index (χ4n) is 5.08. The number of Topliss-reactive ketones (excluding diaryl/α,β-unsaturated/α-hetero) is 1. The van der Waals surface area contributed by atoms with Crippen molar-refractivity contribution in [2.75, 3.05) is 13.7 Å². The predicted molar refractivity (Wildman–Crippen MR) is 83.6 cm³/mol. The van der Waals surface area contributed by atoms with Gasteiger partial charge < -0.3 is 14.8 Å². The van der Waals surface area contributed by atoms with Crippen molar-refractivity contribution in [1.82, 2.24) is 5.32 Å². The SMILES string of the molecule is COc1ccc(C)c2c1OC1C(=O)CC[C@@H]3C(C)NCCC213. The van der Waals surface area contributed by atoms with Crippen LogP contribution in [0.4, 0.5) is 0 Å². The molecular formula is C18H23NO3. The molecule has 2 aliphatic heterocycles. The van der Waals surface area contributed by atoms with Crippen molar-refractivity contribution in [3.63, 3.8) is 0 Å². The van der Waals surface area contributed by atoms with Crippen molar-refractivity contribution in [3.05, 3.63) is 23.3 Å². The lowest BCUT2D eigenvalue weighted by molar-refractivity contribution is -0.134. The van der Waals surface area contributed by atoms with E-state index in [1.807, 2.05) is 6.07 Å². The number of hydrogen-bond acceptors (Lipinski definition) is 4. The van der Waals surface area contributed by atoms with Gasteiger partial charge >= 0.3 is 0 Å². The topological polar surface area (TPSA) is 47.6 Å². The van der Waals surface area contributed by atoms with Gasteiger partial charge in [-0.1, -0.05) is 6.07 Å². The molecule has 118 valence electrons. The Morgan fingerprint density at radius 1 is 1.41 bits per heavy atom. The van der Waals surface area contributed by atoms with Gasteiger partial charge in [0.05, 0.1) is 7.11 Å². The van der Waals surface area contributed by atoms with Crippen molar-refractivity contribution < 1.29 is 14.3 Å². The second-order valence-corrected chi connectivity index (χ2v) is 6.93. The highest BCUT2D eigenvalue weighted by atomic mass is 16.5. The van der Waals surface area contributed by atoms with Crippen LogP contribution < -0.4 is 14.8 Å². The van der Waals surface area contributed by atoms with Gasteiger partial charge in [0.15, 0.2) is 23.4 Å². The van der Waals surface area contributed by atoms with E-state index < -0.39 is 0 Å². The van der Waals surface area contributed by atoms with Gasteiger partial charge in [0.1, 0.15) is 0 Å². The Balaban J connectivity index is 1.97. The fourth-order valence-corrected chi connectivity index (χ4v) is 5.08. The van der Waals surface area contributed by atoms with Crippen LogP contribution in [0.5, 0.6) is 11.5 Å². The third-order valence-corrected chi connectivity index (χ3v) is 5.98. The van der Waals surface area contributed by atoms with Gasteiger partial charge in [-0.15, -0.1) is 0 Å². The number of benzene rings is 1. The van der Waals surface area contributed by atoms with Gasteiger partial charge in [0, 0.05) is 23.4 Å². The van der Waals surface area contributed by atoms with E-state index in [0.29, 0.717) is 18.4 Å². The maximum atomic E-state index is 12.6. The number of methoxy groups -OCH3 is 1. The number of nitrogens with one attached hydrogen (secondary N) is 1. The van der Waals surface area contributed by atoms with Crippen molar-refractivity contribution in [2.45, 2.75) is 50.7 Å². The maximum absolute atomic E-state index is 12.6. The molecule has 4 heteroatoms. The average Bonchev–Trinajstić information content (AvgIpc) is 2.85. The molecule has 4 nitrogen and oxygen atoms in total. The number of rotatable bonds is 1. The summed E-state index contributed by atoms with van der Waals surface area (Å²) in [6.45, 7) is 5.30. The molecule has 1 spiro atoms. The van der Waals surface area contributed by atoms with Gasteiger partial charge in [-0.3, -0.25) is 4.79 Å². The van der Waals surface area contributed by atoms with Gasteiger partial charge in [0.25, 0.3) is 0 Å². The first-order chi connectivity index (χ1) is 10.6. The average molecular weight is 301 g/mol. The Morgan fingerprint density at radius 3 is 3.00 bits per heavy atom. The minimum absolute atomic E-state index is 0.173. The number of carbonyl (C=O) groups is 1. The van der Waals surface area contributed by atoms with Crippen LogP contribution in [0, 0.1) is 12.8 Å². The highest BCUT2D eigenvalue weighted by Crippen LogP contribution is 2.59. The van der Waals surface area contributed by atoms with E-state index in [9.17, 15) is 4.79 Å². The Labute approximate surface area is 131 Å². The Kier molecular flexibility index (Phi) is 3.02. The van der Waals surface area contributed by atoms with Crippen molar-refractivity contribution in [2.24, 2.45) is 5.92 Å². The normalized spacial score (nSPS) is 36.1. The van der Waals surface area contributed by atoms with Crippen molar-refractivity contribution in [1.29, 1.82) is 0 Å². The molecule has 1 aromatic carbocycles. The Bertz CT molecular complexity index is 641. The van der Waals surface area contributed by atoms with Crippen LogP contribution in [-0.4, -0.2) is 31.6 Å². The number of carbonyl (C=O) groups excluding carboxylic acids is 1. The van der Waals surface area contributed by atoms with E-state index in [-0.39, 0.29) is 17.3 Å². The number of ether oxygens (including phenoxy) is 2. The summed E-state index contributed by atoms with van der Waals surface area (Å²) in [5.74, 6) is 2.25. The summed E-state index contributed by atoms with van der Waals surface area (Å²) >= 11 is 0. The summed E-state index contributed by atoms with van der Waals surface area (Å²) in [5, 5.41) is 3.58. The van der Waals surface area contributed by atoms with Gasteiger partial charge in [-0.2, -0.15) is 0 Å². The molecule has 2 heterocycles. The third-order valence-electron chi connectivity index (χ3n) is 5.98. The predicted octanol–water partition coefficient (Wildman–Crippen LogP) is 2.36. The molecule has 3 aliphatic rings. The molecule has 0 bridgehead atoms. The van der Waals surface area contributed by atoms with Gasteiger partial charge in [-0.25, -0.2) is 0 Å². The fraction of sp³-hybridized carbons (Fsp3) is 0.611. The molecule has 4 rings (SSSR count). The standard InChI is InChI=1S/C18H23NO3/c1-10-4-7-14(21-3)16-15(10)18-8-9-19-11(2)12(18)5-6-13(20)17(18)22-16/h4,7,11-12,17,19H,5-6,8-9H2,1-3H3/t11?,12-,17?,18?/m1/s1. The van der Waals surface area contributed by atoms with E-state index in [2.05, 4.69) is 25.2 Å². The highest BCUT2D eigenvalue weighted by molar-refractivity contribution is 5.88. The van der Waals surface area contributed by atoms with Crippen LogP contribution in [0.3, 0.4) is 0 Å². The summed E-state index contributed by atoms with van der Waals surface area (Å²) < 4.78 is 11.7. The third kappa shape index (κ3) is 1.59. The molecule has 1 saturated carbocycles.